The topological polar surface area (TPSA) is 122 Å². The van der Waals surface area contributed by atoms with E-state index in [9.17, 15) is 19.2 Å². The second-order valence-corrected chi connectivity index (χ2v) is 8.20. The molecule has 8 nitrogen and oxygen atoms in total. The molecular formula is C23H22N4O4. The predicted molar refractivity (Wildman–Crippen MR) is 111 cm³/mol. The summed E-state index contributed by atoms with van der Waals surface area (Å²) in [5.41, 5.74) is 10.0. The van der Waals surface area contributed by atoms with Gasteiger partial charge in [0.2, 0.25) is 11.8 Å². The number of hydrogen-bond donors (Lipinski definition) is 3. The van der Waals surface area contributed by atoms with Crippen molar-refractivity contribution >= 4 is 23.6 Å². The highest BCUT2D eigenvalue weighted by atomic mass is 16.2. The number of fused-ring (bicyclic) bond motifs is 2. The highest BCUT2D eigenvalue weighted by Crippen LogP contribution is 2.32. The van der Waals surface area contributed by atoms with Crippen LogP contribution < -0.4 is 16.4 Å². The van der Waals surface area contributed by atoms with Crippen LogP contribution in [0.4, 0.5) is 0 Å². The monoisotopic (exact) mass is 418 g/mol. The number of imide groups is 2. The van der Waals surface area contributed by atoms with Crippen molar-refractivity contribution in [3.8, 4) is 0 Å². The van der Waals surface area contributed by atoms with Crippen molar-refractivity contribution < 1.29 is 19.2 Å². The summed E-state index contributed by atoms with van der Waals surface area (Å²) in [6, 6.07) is 12.1. The van der Waals surface area contributed by atoms with E-state index < -0.39 is 29.7 Å². The summed E-state index contributed by atoms with van der Waals surface area (Å²) < 4.78 is 0. The van der Waals surface area contributed by atoms with Gasteiger partial charge in [-0.1, -0.05) is 36.4 Å². The Labute approximate surface area is 178 Å². The van der Waals surface area contributed by atoms with Crippen molar-refractivity contribution in [2.24, 2.45) is 5.73 Å². The molecule has 1 fully saturated rings. The lowest BCUT2D eigenvalue weighted by Crippen LogP contribution is -2.54. The minimum Gasteiger partial charge on any atom is -0.323 e. The number of carbonyl (C=O) groups is 4. The van der Waals surface area contributed by atoms with Gasteiger partial charge in [-0.2, -0.15) is 0 Å². The number of benzene rings is 2. The van der Waals surface area contributed by atoms with E-state index in [-0.39, 0.29) is 30.5 Å². The summed E-state index contributed by atoms with van der Waals surface area (Å²) in [4.78, 5) is 50.8. The fourth-order valence-electron chi connectivity index (χ4n) is 4.80. The summed E-state index contributed by atoms with van der Waals surface area (Å²) in [7, 11) is 0. The first-order valence-corrected chi connectivity index (χ1v) is 10.4. The molecule has 2 aromatic rings. The molecular weight excluding hydrogens is 396 g/mol. The van der Waals surface area contributed by atoms with Crippen molar-refractivity contribution in [2.45, 2.75) is 43.9 Å². The number of amides is 4. The maximum atomic E-state index is 13.2. The molecule has 4 N–H and O–H groups in total. The molecule has 2 aromatic carbocycles. The molecule has 0 spiro atoms. The SMILES string of the molecule is N[C@@H]1c2ccccc2C[C@H]1NCc1cccc2c1C(=O)N(C1CCC(=O)NC1=O)C2=O. The molecule has 158 valence electrons. The van der Waals surface area contributed by atoms with Gasteiger partial charge >= 0.3 is 0 Å². The molecule has 2 heterocycles. The van der Waals surface area contributed by atoms with Gasteiger partial charge in [0.1, 0.15) is 6.04 Å². The first-order valence-electron chi connectivity index (χ1n) is 10.4. The summed E-state index contributed by atoms with van der Waals surface area (Å²) in [6.07, 6.45) is 1.03. The van der Waals surface area contributed by atoms with Crippen LogP contribution in [0.3, 0.4) is 0 Å². The molecule has 0 bridgehead atoms. The Morgan fingerprint density at radius 3 is 2.61 bits per heavy atom. The summed E-state index contributed by atoms with van der Waals surface area (Å²) in [6.45, 7) is 0.373. The molecule has 1 aliphatic carbocycles. The number of carbonyl (C=O) groups excluding carboxylic acids is 4. The quantitative estimate of drug-likeness (QED) is 0.632. The van der Waals surface area contributed by atoms with Crippen molar-refractivity contribution in [1.82, 2.24) is 15.5 Å². The van der Waals surface area contributed by atoms with E-state index in [1.165, 1.54) is 5.56 Å². The Morgan fingerprint density at radius 1 is 1.03 bits per heavy atom. The Morgan fingerprint density at radius 2 is 1.84 bits per heavy atom. The third-order valence-corrected chi connectivity index (χ3v) is 6.40. The van der Waals surface area contributed by atoms with E-state index in [2.05, 4.69) is 16.7 Å². The summed E-state index contributed by atoms with van der Waals surface area (Å²) in [5, 5.41) is 5.65. The number of hydrogen-bond acceptors (Lipinski definition) is 6. The fourth-order valence-corrected chi connectivity index (χ4v) is 4.80. The van der Waals surface area contributed by atoms with Gasteiger partial charge in [-0.3, -0.25) is 29.4 Å². The number of rotatable bonds is 4. The highest BCUT2D eigenvalue weighted by Gasteiger charge is 2.45. The van der Waals surface area contributed by atoms with E-state index in [1.807, 2.05) is 18.2 Å². The average Bonchev–Trinajstić information content (AvgIpc) is 3.21. The third-order valence-electron chi connectivity index (χ3n) is 6.40. The molecule has 2 aliphatic heterocycles. The van der Waals surface area contributed by atoms with Crippen LogP contribution in [0.5, 0.6) is 0 Å². The molecule has 4 amide bonds. The molecule has 3 aliphatic rings. The highest BCUT2D eigenvalue weighted by molar-refractivity contribution is 6.24. The van der Waals surface area contributed by atoms with Crippen LogP contribution in [0.15, 0.2) is 42.5 Å². The van der Waals surface area contributed by atoms with Crippen molar-refractivity contribution in [3.63, 3.8) is 0 Å². The number of nitrogens with two attached hydrogens (primary N) is 1. The summed E-state index contributed by atoms with van der Waals surface area (Å²) >= 11 is 0. The molecule has 31 heavy (non-hydrogen) atoms. The minimum absolute atomic E-state index is 0.0201. The Kier molecular flexibility index (Phi) is 4.68. The second-order valence-electron chi connectivity index (χ2n) is 8.20. The van der Waals surface area contributed by atoms with E-state index in [1.54, 1.807) is 18.2 Å². The molecule has 1 saturated heterocycles. The van der Waals surface area contributed by atoms with Crippen molar-refractivity contribution in [2.75, 3.05) is 0 Å². The van der Waals surface area contributed by atoms with Crippen LogP contribution in [-0.2, 0) is 22.6 Å². The first-order chi connectivity index (χ1) is 15.0. The lowest BCUT2D eigenvalue weighted by Gasteiger charge is -2.27. The lowest BCUT2D eigenvalue weighted by atomic mass is 10.0. The van der Waals surface area contributed by atoms with Gasteiger partial charge < -0.3 is 11.1 Å². The van der Waals surface area contributed by atoms with Gasteiger partial charge in [0, 0.05) is 25.0 Å². The van der Waals surface area contributed by atoms with Gasteiger partial charge in [-0.25, -0.2) is 0 Å². The van der Waals surface area contributed by atoms with Gasteiger partial charge in [-0.05, 0) is 35.6 Å². The van der Waals surface area contributed by atoms with E-state index in [4.69, 9.17) is 5.73 Å². The molecule has 3 atom stereocenters. The summed E-state index contributed by atoms with van der Waals surface area (Å²) in [5.74, 6) is -2.00. The van der Waals surface area contributed by atoms with Crippen LogP contribution in [0.2, 0.25) is 0 Å². The second kappa shape index (κ2) is 7.40. The Bertz CT molecular complexity index is 1130. The van der Waals surface area contributed by atoms with Crippen molar-refractivity contribution in [3.05, 3.63) is 70.3 Å². The van der Waals surface area contributed by atoms with Crippen LogP contribution in [0.1, 0.15) is 56.3 Å². The molecule has 5 rings (SSSR count). The van der Waals surface area contributed by atoms with Gasteiger partial charge in [0.05, 0.1) is 11.1 Å². The first kappa shape index (κ1) is 19.6. The Hall–Kier alpha value is -3.36. The van der Waals surface area contributed by atoms with E-state index in [0.29, 0.717) is 17.7 Å². The maximum absolute atomic E-state index is 13.2. The zero-order valence-electron chi connectivity index (χ0n) is 16.8. The predicted octanol–water partition coefficient (Wildman–Crippen LogP) is 0.802. The Balaban J connectivity index is 1.36. The van der Waals surface area contributed by atoms with Gasteiger partial charge in [0.15, 0.2) is 0 Å². The van der Waals surface area contributed by atoms with Crippen LogP contribution in [-0.4, -0.2) is 40.6 Å². The van der Waals surface area contributed by atoms with E-state index in [0.717, 1.165) is 16.9 Å². The molecule has 8 heteroatoms. The maximum Gasteiger partial charge on any atom is 0.262 e. The third kappa shape index (κ3) is 3.15. The van der Waals surface area contributed by atoms with Crippen LogP contribution in [0.25, 0.3) is 0 Å². The van der Waals surface area contributed by atoms with Crippen molar-refractivity contribution in [1.29, 1.82) is 0 Å². The van der Waals surface area contributed by atoms with Crippen LogP contribution in [0, 0.1) is 0 Å². The molecule has 0 radical (unpaired) electrons. The number of piperidine rings is 1. The number of nitrogens with one attached hydrogen (secondary N) is 2. The van der Waals surface area contributed by atoms with Crippen LogP contribution >= 0.6 is 0 Å². The normalized spacial score (nSPS) is 24.9. The zero-order chi connectivity index (χ0) is 21.7. The van der Waals surface area contributed by atoms with Gasteiger partial charge in [-0.15, -0.1) is 0 Å². The number of nitrogens with zero attached hydrogens (tertiary/aromatic N) is 1. The van der Waals surface area contributed by atoms with E-state index >= 15 is 0 Å². The molecule has 0 saturated carbocycles. The minimum atomic E-state index is -0.969. The average molecular weight is 418 g/mol. The largest absolute Gasteiger partial charge is 0.323 e. The fraction of sp³-hybridized carbons (Fsp3) is 0.304. The molecule has 0 aromatic heterocycles. The zero-order valence-corrected chi connectivity index (χ0v) is 16.8. The standard InChI is InChI=1S/C23H22N4O4/c24-20-14-6-2-1-4-12(14)10-16(20)25-11-13-5-3-7-15-19(13)23(31)27(22(15)30)17-8-9-18(28)26-21(17)29/h1-7,16-17,20,25H,8-11,24H2,(H,26,28,29)/t16-,17?,20-/m1/s1. The van der Waals surface area contributed by atoms with Gasteiger partial charge in [0.25, 0.3) is 11.8 Å². The molecule has 1 unspecified atom stereocenters. The smallest absolute Gasteiger partial charge is 0.262 e. The lowest BCUT2D eigenvalue weighted by molar-refractivity contribution is -0.136.